The van der Waals surface area contributed by atoms with Crippen molar-refractivity contribution in [2.24, 2.45) is 17.8 Å². The molecule has 4 aliphatic rings. The first-order valence-electron chi connectivity index (χ1n) is 12.7. The zero-order chi connectivity index (χ0) is 24.9. The van der Waals surface area contributed by atoms with Gasteiger partial charge in [-0.1, -0.05) is 38.0 Å². The molecule has 1 saturated carbocycles. The number of carbonyl (C=O) groups excluding carboxylic acids is 3. The maximum atomic E-state index is 13.8. The topological polar surface area (TPSA) is 97.0 Å². The Morgan fingerprint density at radius 2 is 1.97 bits per heavy atom. The maximum Gasteiger partial charge on any atom is 0.246 e. The second-order valence-electron chi connectivity index (χ2n) is 10.6. The van der Waals surface area contributed by atoms with E-state index in [2.05, 4.69) is 17.6 Å². The number of amides is 3. The van der Waals surface area contributed by atoms with Gasteiger partial charge in [0.15, 0.2) is 0 Å². The highest BCUT2D eigenvalue weighted by Gasteiger charge is 2.73. The summed E-state index contributed by atoms with van der Waals surface area (Å²) in [5.74, 6) is -1.12. The highest BCUT2D eigenvalue weighted by Crippen LogP contribution is 2.55. The Bertz CT molecular complexity index is 1060. The van der Waals surface area contributed by atoms with Gasteiger partial charge >= 0.3 is 0 Å². The van der Waals surface area contributed by atoms with Crippen LogP contribution in [0.15, 0.2) is 36.4 Å². The monoisotopic (exact) mass is 481 g/mol. The molecule has 2 bridgehead atoms. The summed E-state index contributed by atoms with van der Waals surface area (Å²) in [7, 11) is 1.57. The van der Waals surface area contributed by atoms with Crippen LogP contribution in [0.1, 0.15) is 46.5 Å². The van der Waals surface area contributed by atoms with Crippen LogP contribution in [0.5, 0.6) is 5.75 Å². The molecule has 3 aliphatic heterocycles. The Kier molecular flexibility index (Phi) is 6.11. The van der Waals surface area contributed by atoms with Crippen molar-refractivity contribution in [3.8, 4) is 5.75 Å². The number of benzene rings is 1. The summed E-state index contributed by atoms with van der Waals surface area (Å²) in [6.45, 7) is 5.98. The van der Waals surface area contributed by atoms with Gasteiger partial charge in [-0.25, -0.2) is 0 Å². The Morgan fingerprint density at radius 3 is 2.69 bits per heavy atom. The van der Waals surface area contributed by atoms with E-state index in [0.717, 1.165) is 19.3 Å². The molecule has 2 saturated heterocycles. The average molecular weight is 482 g/mol. The van der Waals surface area contributed by atoms with E-state index in [9.17, 15) is 14.4 Å². The lowest BCUT2D eigenvalue weighted by molar-refractivity contribution is -0.143. The van der Waals surface area contributed by atoms with Crippen molar-refractivity contribution in [3.63, 3.8) is 0 Å². The standard InChI is InChI=1S/C27H35N3O5/c1-15(2)30-23(25(32)29-19-11-6-5-8-16(19)3)27-13-12-20(35-27)21(22(27)26(30)33)24(31)28-17-9-7-10-18(14-17)34-4/h7,9-10,12-16,19-23H,5-6,8,11H2,1-4H3,(H,28,31)(H,29,32)/t16?,19?,20-,21?,22-,23?,27?/m1/s1. The summed E-state index contributed by atoms with van der Waals surface area (Å²) in [5, 5.41) is 6.17. The molecule has 1 aromatic rings. The SMILES string of the molecule is COc1cccc(NC(=O)C2[C@H]3C=CC4(O3)C(C(=O)NC3CCCCC3C)N(C(C)C)C(=O)[C@@H]24)c1. The molecule has 3 fully saturated rings. The second-order valence-corrected chi connectivity index (χ2v) is 10.6. The van der Waals surface area contributed by atoms with Gasteiger partial charge in [0, 0.05) is 23.8 Å². The van der Waals surface area contributed by atoms with Crippen LogP contribution in [0, 0.1) is 17.8 Å². The molecule has 1 spiro atoms. The first-order valence-corrected chi connectivity index (χ1v) is 12.7. The number of carbonyl (C=O) groups is 3. The fourth-order valence-electron chi connectivity index (χ4n) is 6.48. The molecule has 1 aromatic carbocycles. The number of methoxy groups -OCH3 is 1. The number of anilines is 1. The number of nitrogens with zero attached hydrogens (tertiary/aromatic N) is 1. The summed E-state index contributed by atoms with van der Waals surface area (Å²) in [6.07, 6.45) is 7.44. The van der Waals surface area contributed by atoms with Gasteiger partial charge in [-0.05, 0) is 44.7 Å². The lowest BCUT2D eigenvalue weighted by Gasteiger charge is -2.37. The first-order chi connectivity index (χ1) is 16.8. The fourth-order valence-corrected chi connectivity index (χ4v) is 6.48. The third-order valence-corrected chi connectivity index (χ3v) is 8.20. The van der Waals surface area contributed by atoms with Gasteiger partial charge in [0.05, 0.1) is 25.0 Å². The van der Waals surface area contributed by atoms with E-state index in [4.69, 9.17) is 9.47 Å². The van der Waals surface area contributed by atoms with Crippen LogP contribution in [0.3, 0.4) is 0 Å². The fraction of sp³-hybridized carbons (Fsp3) is 0.593. The van der Waals surface area contributed by atoms with Gasteiger partial charge in [0.1, 0.15) is 17.4 Å². The highest BCUT2D eigenvalue weighted by atomic mass is 16.5. The lowest BCUT2D eigenvalue weighted by Crippen LogP contribution is -2.58. The van der Waals surface area contributed by atoms with Gasteiger partial charge in [-0.2, -0.15) is 0 Å². The molecular weight excluding hydrogens is 446 g/mol. The number of rotatable bonds is 6. The second kappa shape index (κ2) is 8.97. The Morgan fingerprint density at radius 1 is 1.20 bits per heavy atom. The van der Waals surface area contributed by atoms with E-state index in [-0.39, 0.29) is 29.8 Å². The van der Waals surface area contributed by atoms with E-state index in [0.29, 0.717) is 17.4 Å². The smallest absolute Gasteiger partial charge is 0.246 e. The van der Waals surface area contributed by atoms with Crippen LogP contribution < -0.4 is 15.4 Å². The quantitative estimate of drug-likeness (QED) is 0.609. The van der Waals surface area contributed by atoms with Crippen molar-refractivity contribution in [3.05, 3.63) is 36.4 Å². The van der Waals surface area contributed by atoms with Gasteiger partial charge in [-0.15, -0.1) is 0 Å². The number of nitrogens with one attached hydrogen (secondary N) is 2. The Labute approximate surface area is 206 Å². The summed E-state index contributed by atoms with van der Waals surface area (Å²) < 4.78 is 11.6. The molecule has 3 amide bonds. The third-order valence-electron chi connectivity index (χ3n) is 8.20. The summed E-state index contributed by atoms with van der Waals surface area (Å²) in [6, 6.07) is 6.18. The summed E-state index contributed by atoms with van der Waals surface area (Å²) >= 11 is 0. The largest absolute Gasteiger partial charge is 0.497 e. The van der Waals surface area contributed by atoms with Crippen molar-refractivity contribution in [1.29, 1.82) is 0 Å². The lowest BCUT2D eigenvalue weighted by atomic mass is 9.74. The number of fused-ring (bicyclic) bond motifs is 1. The van der Waals surface area contributed by atoms with E-state index >= 15 is 0 Å². The van der Waals surface area contributed by atoms with Gasteiger partial charge in [0.2, 0.25) is 17.7 Å². The van der Waals surface area contributed by atoms with Crippen LogP contribution in [-0.2, 0) is 19.1 Å². The maximum absolute atomic E-state index is 13.8. The molecule has 8 heteroatoms. The molecule has 35 heavy (non-hydrogen) atoms. The van der Waals surface area contributed by atoms with Gasteiger partial charge in [-0.3, -0.25) is 14.4 Å². The molecular formula is C27H35N3O5. The third kappa shape index (κ3) is 3.82. The number of ether oxygens (including phenoxy) is 2. The van der Waals surface area contributed by atoms with E-state index in [1.165, 1.54) is 6.42 Å². The van der Waals surface area contributed by atoms with E-state index in [1.54, 1.807) is 36.3 Å². The first kappa shape index (κ1) is 23.9. The minimum Gasteiger partial charge on any atom is -0.497 e. The zero-order valence-corrected chi connectivity index (χ0v) is 20.8. The predicted molar refractivity (Wildman–Crippen MR) is 131 cm³/mol. The zero-order valence-electron chi connectivity index (χ0n) is 20.8. The van der Waals surface area contributed by atoms with Crippen molar-refractivity contribution in [1.82, 2.24) is 10.2 Å². The van der Waals surface area contributed by atoms with Crippen LogP contribution >= 0.6 is 0 Å². The van der Waals surface area contributed by atoms with Crippen molar-refractivity contribution < 1.29 is 23.9 Å². The average Bonchev–Trinajstić information content (AvgIpc) is 3.48. The molecule has 5 rings (SSSR count). The van der Waals surface area contributed by atoms with Crippen LogP contribution in [-0.4, -0.2) is 59.6 Å². The number of hydrogen-bond donors (Lipinski definition) is 2. The molecule has 188 valence electrons. The molecule has 2 N–H and O–H groups in total. The van der Waals surface area contributed by atoms with Crippen LogP contribution in [0.25, 0.3) is 0 Å². The molecule has 1 aliphatic carbocycles. The van der Waals surface area contributed by atoms with Crippen molar-refractivity contribution in [2.75, 3.05) is 12.4 Å². The van der Waals surface area contributed by atoms with Crippen LogP contribution in [0.4, 0.5) is 5.69 Å². The molecule has 3 heterocycles. The minimum atomic E-state index is -1.13. The van der Waals surface area contributed by atoms with Gasteiger partial charge < -0.3 is 25.0 Å². The normalized spacial score (nSPS) is 35.3. The number of hydrogen-bond acceptors (Lipinski definition) is 5. The summed E-state index contributed by atoms with van der Waals surface area (Å²) in [4.78, 5) is 42.6. The number of likely N-dealkylation sites (tertiary alicyclic amines) is 1. The van der Waals surface area contributed by atoms with E-state index < -0.39 is 29.6 Å². The minimum absolute atomic E-state index is 0.0885. The molecule has 5 unspecified atom stereocenters. The molecule has 0 aromatic heterocycles. The molecule has 7 atom stereocenters. The Balaban J connectivity index is 1.43. The highest BCUT2D eigenvalue weighted by molar-refractivity contribution is 6.03. The predicted octanol–water partition coefficient (Wildman–Crippen LogP) is 2.89. The molecule has 0 radical (unpaired) electrons. The van der Waals surface area contributed by atoms with Gasteiger partial charge in [0.25, 0.3) is 0 Å². The summed E-state index contributed by atoms with van der Waals surface area (Å²) in [5.41, 5.74) is -0.549. The Hall–Kier alpha value is -2.87. The van der Waals surface area contributed by atoms with Crippen LogP contribution in [0.2, 0.25) is 0 Å². The van der Waals surface area contributed by atoms with Crippen molar-refractivity contribution >= 4 is 23.4 Å². The molecule has 8 nitrogen and oxygen atoms in total. The van der Waals surface area contributed by atoms with Crippen molar-refractivity contribution in [2.45, 2.75) is 76.3 Å². The van der Waals surface area contributed by atoms with E-state index in [1.807, 2.05) is 26.0 Å².